The highest BCUT2D eigenvalue weighted by molar-refractivity contribution is 5.86. The first kappa shape index (κ1) is 21.7. The monoisotopic (exact) mass is 444 g/mol. The van der Waals surface area contributed by atoms with Crippen molar-refractivity contribution in [2.24, 2.45) is 5.10 Å². The molecule has 1 heterocycles. The Morgan fingerprint density at radius 1 is 1.15 bits per heavy atom. The van der Waals surface area contributed by atoms with Gasteiger partial charge in [-0.1, -0.05) is 30.3 Å². The molecule has 1 N–H and O–H groups in total. The number of phenols is 1. The van der Waals surface area contributed by atoms with Gasteiger partial charge < -0.3 is 9.84 Å². The van der Waals surface area contributed by atoms with E-state index in [0.29, 0.717) is 22.2 Å². The molecule has 0 bridgehead atoms. The van der Waals surface area contributed by atoms with E-state index in [9.17, 15) is 20.0 Å². The fraction of sp³-hybridized carbons (Fsp3) is 0.125. The maximum Gasteiger partial charge on any atom is 0.311 e. The number of phenolic OH excluding ortho intramolecular Hbond substituents is 1. The van der Waals surface area contributed by atoms with Crippen LogP contribution in [0, 0.1) is 24.0 Å². The number of rotatable bonds is 6. The smallest absolute Gasteiger partial charge is 0.311 e. The van der Waals surface area contributed by atoms with Crippen LogP contribution in [0.4, 0.5) is 5.69 Å². The second-order valence-corrected chi connectivity index (χ2v) is 7.44. The fourth-order valence-corrected chi connectivity index (χ4v) is 3.39. The van der Waals surface area contributed by atoms with Crippen molar-refractivity contribution in [3.8, 4) is 11.5 Å². The lowest BCUT2D eigenvalue weighted by Crippen LogP contribution is -2.23. The number of aryl methyl sites for hydroxylation is 2. The molecule has 0 aliphatic heterocycles. The van der Waals surface area contributed by atoms with E-state index in [1.54, 1.807) is 31.2 Å². The fourth-order valence-electron chi connectivity index (χ4n) is 3.39. The largest absolute Gasteiger partial charge is 0.502 e. The van der Waals surface area contributed by atoms with Crippen molar-refractivity contribution < 1.29 is 14.8 Å². The molecule has 0 radical (unpaired) electrons. The SMILES string of the molecule is Cc1cc(C=Nn2c(COc3ccccc3C)nc3ccccc3c2=O)c(O)c([N+](=O)[O-])c1. The van der Waals surface area contributed by atoms with Gasteiger partial charge in [-0.15, -0.1) is 0 Å². The molecule has 0 amide bonds. The van der Waals surface area contributed by atoms with Gasteiger partial charge in [0.2, 0.25) is 5.75 Å². The van der Waals surface area contributed by atoms with Crippen LogP contribution < -0.4 is 10.3 Å². The van der Waals surface area contributed by atoms with Crippen molar-refractivity contribution in [1.29, 1.82) is 0 Å². The molecule has 166 valence electrons. The topological polar surface area (TPSA) is 120 Å². The molecule has 0 fully saturated rings. The van der Waals surface area contributed by atoms with Gasteiger partial charge in [0.25, 0.3) is 5.56 Å². The van der Waals surface area contributed by atoms with Crippen LogP contribution in [0.2, 0.25) is 0 Å². The Morgan fingerprint density at radius 3 is 2.64 bits per heavy atom. The van der Waals surface area contributed by atoms with E-state index in [4.69, 9.17) is 4.74 Å². The summed E-state index contributed by atoms with van der Waals surface area (Å²) in [5.74, 6) is 0.344. The quantitative estimate of drug-likeness (QED) is 0.272. The second kappa shape index (κ2) is 8.91. The van der Waals surface area contributed by atoms with Gasteiger partial charge in [-0.3, -0.25) is 14.9 Å². The highest BCUT2D eigenvalue weighted by Gasteiger charge is 2.18. The van der Waals surface area contributed by atoms with Crippen LogP contribution in [0.1, 0.15) is 22.5 Å². The lowest BCUT2D eigenvalue weighted by Gasteiger charge is -2.12. The Balaban J connectivity index is 1.80. The summed E-state index contributed by atoms with van der Waals surface area (Å²) in [5, 5.41) is 26.1. The third kappa shape index (κ3) is 4.42. The first-order valence-corrected chi connectivity index (χ1v) is 10.1. The molecule has 9 nitrogen and oxygen atoms in total. The standard InChI is InChI=1S/C24H20N4O5/c1-15-11-17(23(29)20(12-15)28(31)32)13-25-27-22(14-33-21-10-6-3-7-16(21)2)26-19-9-5-4-8-18(19)24(27)30/h3-13,29H,14H2,1-2H3. The van der Waals surface area contributed by atoms with E-state index in [2.05, 4.69) is 10.1 Å². The number of nitro benzene ring substituents is 1. The normalized spacial score (nSPS) is 11.2. The number of hydrogen-bond donors (Lipinski definition) is 1. The number of fused-ring (bicyclic) bond motifs is 1. The summed E-state index contributed by atoms with van der Waals surface area (Å²) < 4.78 is 6.96. The van der Waals surface area contributed by atoms with E-state index < -0.39 is 21.9 Å². The predicted octanol–water partition coefficient (Wildman–Crippen LogP) is 4.09. The number of nitro groups is 1. The van der Waals surface area contributed by atoms with E-state index in [-0.39, 0.29) is 18.0 Å². The van der Waals surface area contributed by atoms with Crippen LogP contribution in [-0.4, -0.2) is 25.9 Å². The first-order chi connectivity index (χ1) is 15.8. The summed E-state index contributed by atoms with van der Waals surface area (Å²) in [7, 11) is 0. The molecule has 1 aromatic heterocycles. The Hall–Kier alpha value is -4.53. The second-order valence-electron chi connectivity index (χ2n) is 7.44. The van der Waals surface area contributed by atoms with Crippen LogP contribution in [0.5, 0.6) is 11.5 Å². The van der Waals surface area contributed by atoms with Gasteiger partial charge in [0.05, 0.1) is 22.0 Å². The molecule has 0 spiro atoms. The molecular formula is C24H20N4O5. The van der Waals surface area contributed by atoms with E-state index in [1.807, 2.05) is 31.2 Å². The minimum absolute atomic E-state index is 0.0395. The third-order valence-corrected chi connectivity index (χ3v) is 5.04. The molecule has 3 aromatic carbocycles. The number of ether oxygens (including phenoxy) is 1. The van der Waals surface area contributed by atoms with Gasteiger partial charge in [0.15, 0.2) is 5.82 Å². The number of nitrogens with zero attached hydrogens (tertiary/aromatic N) is 4. The Labute approximate surface area is 188 Å². The van der Waals surface area contributed by atoms with E-state index >= 15 is 0 Å². The first-order valence-electron chi connectivity index (χ1n) is 10.1. The minimum atomic E-state index is -0.676. The summed E-state index contributed by atoms with van der Waals surface area (Å²) in [5.41, 5.74) is 1.21. The maximum absolute atomic E-state index is 13.2. The van der Waals surface area contributed by atoms with Crippen molar-refractivity contribution in [1.82, 2.24) is 9.66 Å². The van der Waals surface area contributed by atoms with E-state index in [1.165, 1.54) is 18.3 Å². The number of aromatic hydroxyl groups is 1. The Kier molecular flexibility index (Phi) is 5.86. The summed E-state index contributed by atoms with van der Waals surface area (Å²) in [4.78, 5) is 28.2. The number of aromatic nitrogens is 2. The zero-order valence-electron chi connectivity index (χ0n) is 17.9. The van der Waals surface area contributed by atoms with Crippen molar-refractivity contribution in [3.63, 3.8) is 0 Å². The van der Waals surface area contributed by atoms with Gasteiger partial charge in [0.1, 0.15) is 12.4 Å². The van der Waals surface area contributed by atoms with Gasteiger partial charge in [-0.2, -0.15) is 9.78 Å². The average Bonchev–Trinajstić information content (AvgIpc) is 2.79. The molecule has 4 aromatic rings. The van der Waals surface area contributed by atoms with Gasteiger partial charge in [0, 0.05) is 11.6 Å². The number of para-hydroxylation sites is 2. The number of benzene rings is 3. The van der Waals surface area contributed by atoms with Crippen LogP contribution in [0.15, 0.2) is 70.6 Å². The molecule has 0 aliphatic carbocycles. The zero-order valence-corrected chi connectivity index (χ0v) is 17.9. The molecule has 0 aliphatic rings. The minimum Gasteiger partial charge on any atom is -0.502 e. The van der Waals surface area contributed by atoms with Crippen molar-refractivity contribution in [3.05, 3.63) is 104 Å². The highest BCUT2D eigenvalue weighted by Crippen LogP contribution is 2.30. The predicted molar refractivity (Wildman–Crippen MR) is 124 cm³/mol. The lowest BCUT2D eigenvalue weighted by atomic mass is 10.1. The summed E-state index contributed by atoms with van der Waals surface area (Å²) in [6.07, 6.45) is 1.20. The van der Waals surface area contributed by atoms with Crippen LogP contribution in [-0.2, 0) is 6.61 Å². The van der Waals surface area contributed by atoms with Crippen LogP contribution in [0.25, 0.3) is 10.9 Å². The molecule has 9 heteroatoms. The Morgan fingerprint density at radius 2 is 1.88 bits per heavy atom. The summed E-state index contributed by atoms with van der Waals surface area (Å²) >= 11 is 0. The zero-order chi connectivity index (χ0) is 23.5. The average molecular weight is 444 g/mol. The number of hydrogen-bond acceptors (Lipinski definition) is 7. The molecule has 0 saturated carbocycles. The van der Waals surface area contributed by atoms with E-state index in [0.717, 1.165) is 10.2 Å². The highest BCUT2D eigenvalue weighted by atomic mass is 16.6. The maximum atomic E-state index is 13.2. The van der Waals surface area contributed by atoms with Gasteiger partial charge in [-0.25, -0.2) is 4.98 Å². The molecule has 33 heavy (non-hydrogen) atoms. The third-order valence-electron chi connectivity index (χ3n) is 5.04. The van der Waals surface area contributed by atoms with Crippen LogP contribution in [0.3, 0.4) is 0 Å². The lowest BCUT2D eigenvalue weighted by molar-refractivity contribution is -0.385. The molecule has 4 rings (SSSR count). The van der Waals surface area contributed by atoms with Gasteiger partial charge >= 0.3 is 5.69 Å². The van der Waals surface area contributed by atoms with Crippen molar-refractivity contribution in [2.45, 2.75) is 20.5 Å². The summed E-state index contributed by atoms with van der Waals surface area (Å²) in [6.45, 7) is 3.53. The molecule has 0 unspecified atom stereocenters. The van der Waals surface area contributed by atoms with Crippen LogP contribution >= 0.6 is 0 Å². The van der Waals surface area contributed by atoms with Crippen molar-refractivity contribution >= 4 is 22.8 Å². The molecule has 0 saturated heterocycles. The van der Waals surface area contributed by atoms with Gasteiger partial charge in [-0.05, 0) is 49.2 Å². The molecular weight excluding hydrogens is 424 g/mol. The Bertz CT molecular complexity index is 1460. The van der Waals surface area contributed by atoms with Crippen molar-refractivity contribution in [2.75, 3.05) is 0 Å². The molecule has 0 atom stereocenters. The summed E-state index contributed by atoms with van der Waals surface area (Å²) in [6, 6.07) is 17.1.